The highest BCUT2D eigenvalue weighted by Crippen LogP contribution is 2.22. The molecule has 1 amide bonds. The van der Waals surface area contributed by atoms with Crippen LogP contribution in [0.1, 0.15) is 12.5 Å². The maximum absolute atomic E-state index is 11.4. The van der Waals surface area contributed by atoms with Gasteiger partial charge < -0.3 is 10.5 Å². The molecule has 0 aliphatic rings. The van der Waals surface area contributed by atoms with Gasteiger partial charge in [0, 0.05) is 5.56 Å². The fourth-order valence-corrected chi connectivity index (χ4v) is 2.11. The predicted molar refractivity (Wildman–Crippen MR) is 66.6 cm³/mol. The molecule has 0 atom stereocenters. The van der Waals surface area contributed by atoms with Crippen LogP contribution in [0.3, 0.4) is 0 Å². The molecular formula is C11H14N2O4S. The topological polar surface area (TPSA) is 112 Å². The van der Waals surface area contributed by atoms with Gasteiger partial charge in [-0.05, 0) is 13.0 Å². The largest absolute Gasteiger partial charge is 0.501 e. The molecular weight excluding hydrogens is 256 g/mol. The van der Waals surface area contributed by atoms with Gasteiger partial charge in [-0.1, -0.05) is 18.2 Å². The normalized spacial score (nSPS) is 12.2. The standard InChI is InChI=1S/C11H14N2O4S/c1-2-17-7-9(11(12)14)8-5-3-4-6-10(8)18(13,15)16/h3-7H,2H2,1H3,(H2,12,14)(H2,13,15,16). The molecule has 1 rings (SSSR count). The summed E-state index contributed by atoms with van der Waals surface area (Å²) < 4.78 is 27.8. The number of primary sulfonamides is 1. The van der Waals surface area contributed by atoms with Gasteiger partial charge in [0.2, 0.25) is 10.0 Å². The van der Waals surface area contributed by atoms with Crippen LogP contribution in [0.25, 0.3) is 5.57 Å². The maximum Gasteiger partial charge on any atom is 0.252 e. The van der Waals surface area contributed by atoms with E-state index in [0.29, 0.717) is 6.61 Å². The van der Waals surface area contributed by atoms with Crippen molar-refractivity contribution in [3.8, 4) is 0 Å². The van der Waals surface area contributed by atoms with Crippen LogP contribution in [0.4, 0.5) is 0 Å². The van der Waals surface area contributed by atoms with Gasteiger partial charge in [-0.15, -0.1) is 0 Å². The molecule has 0 spiro atoms. The Morgan fingerprint density at radius 3 is 2.50 bits per heavy atom. The van der Waals surface area contributed by atoms with Crippen molar-refractivity contribution in [1.29, 1.82) is 0 Å². The molecule has 0 unspecified atom stereocenters. The number of carbonyl (C=O) groups is 1. The summed E-state index contributed by atoms with van der Waals surface area (Å²) in [7, 11) is -3.94. The second kappa shape index (κ2) is 5.65. The lowest BCUT2D eigenvalue weighted by Gasteiger charge is -2.09. The first-order valence-electron chi connectivity index (χ1n) is 5.11. The number of ether oxygens (including phenoxy) is 1. The Labute approximate surface area is 105 Å². The molecule has 0 aliphatic carbocycles. The number of hydrogen-bond donors (Lipinski definition) is 2. The number of rotatable bonds is 5. The highest BCUT2D eigenvalue weighted by Gasteiger charge is 2.19. The zero-order chi connectivity index (χ0) is 13.8. The summed E-state index contributed by atoms with van der Waals surface area (Å²) in [5.74, 6) is -0.792. The molecule has 0 fully saturated rings. The number of benzene rings is 1. The van der Waals surface area contributed by atoms with E-state index < -0.39 is 15.9 Å². The summed E-state index contributed by atoms with van der Waals surface area (Å²) in [6.45, 7) is 2.05. The Bertz CT molecular complexity index is 578. The second-order valence-electron chi connectivity index (χ2n) is 3.39. The highest BCUT2D eigenvalue weighted by molar-refractivity contribution is 7.89. The SMILES string of the molecule is CCOC=C(C(N)=O)c1ccccc1S(N)(=O)=O. The van der Waals surface area contributed by atoms with Crippen LogP contribution in [-0.2, 0) is 19.6 Å². The average molecular weight is 270 g/mol. The fraction of sp³-hybridized carbons (Fsp3) is 0.182. The molecule has 0 saturated heterocycles. The van der Waals surface area contributed by atoms with Crippen LogP contribution < -0.4 is 10.9 Å². The first-order chi connectivity index (χ1) is 8.38. The minimum atomic E-state index is -3.94. The lowest BCUT2D eigenvalue weighted by atomic mass is 10.1. The molecule has 1 aromatic rings. The third-order valence-electron chi connectivity index (χ3n) is 2.12. The molecule has 1 aromatic carbocycles. The second-order valence-corrected chi connectivity index (χ2v) is 4.92. The van der Waals surface area contributed by atoms with Crippen molar-refractivity contribution in [1.82, 2.24) is 0 Å². The van der Waals surface area contributed by atoms with Gasteiger partial charge in [0.05, 0.1) is 23.3 Å². The Morgan fingerprint density at radius 1 is 1.39 bits per heavy atom. The summed E-state index contributed by atoms with van der Waals surface area (Å²) >= 11 is 0. The molecule has 0 aromatic heterocycles. The van der Waals surface area contributed by atoms with Crippen molar-refractivity contribution < 1.29 is 17.9 Å². The summed E-state index contributed by atoms with van der Waals surface area (Å²) in [5, 5.41) is 5.08. The summed E-state index contributed by atoms with van der Waals surface area (Å²) in [4.78, 5) is 11.2. The monoisotopic (exact) mass is 270 g/mol. The van der Waals surface area contributed by atoms with Gasteiger partial charge in [-0.2, -0.15) is 0 Å². The summed E-state index contributed by atoms with van der Waals surface area (Å²) in [5.41, 5.74) is 5.28. The van der Waals surface area contributed by atoms with Crippen LogP contribution in [-0.4, -0.2) is 20.9 Å². The van der Waals surface area contributed by atoms with Gasteiger partial charge in [0.25, 0.3) is 5.91 Å². The van der Waals surface area contributed by atoms with Crippen LogP contribution in [0.15, 0.2) is 35.4 Å². The third-order valence-corrected chi connectivity index (χ3v) is 3.09. The molecule has 6 nitrogen and oxygen atoms in total. The lowest BCUT2D eigenvalue weighted by molar-refractivity contribution is -0.112. The van der Waals surface area contributed by atoms with E-state index in [4.69, 9.17) is 15.6 Å². The molecule has 18 heavy (non-hydrogen) atoms. The number of carbonyl (C=O) groups excluding carboxylic acids is 1. The minimum absolute atomic E-state index is 0.0403. The molecule has 0 heterocycles. The van der Waals surface area contributed by atoms with Gasteiger partial charge >= 0.3 is 0 Å². The average Bonchev–Trinajstić information content (AvgIpc) is 2.28. The van der Waals surface area contributed by atoms with E-state index in [1.165, 1.54) is 18.2 Å². The molecule has 7 heteroatoms. The van der Waals surface area contributed by atoms with E-state index in [1.54, 1.807) is 13.0 Å². The number of primary amides is 1. The Morgan fingerprint density at radius 2 is 2.00 bits per heavy atom. The smallest absolute Gasteiger partial charge is 0.252 e. The lowest BCUT2D eigenvalue weighted by Crippen LogP contribution is -2.19. The Kier molecular flexibility index (Phi) is 4.46. The van der Waals surface area contributed by atoms with Gasteiger partial charge in [0.1, 0.15) is 0 Å². The van der Waals surface area contributed by atoms with E-state index in [0.717, 1.165) is 6.26 Å². The van der Waals surface area contributed by atoms with Crippen LogP contribution in [0.2, 0.25) is 0 Å². The fourth-order valence-electron chi connectivity index (χ4n) is 1.36. The molecule has 98 valence electrons. The van der Waals surface area contributed by atoms with Crippen molar-refractivity contribution >= 4 is 21.5 Å². The van der Waals surface area contributed by atoms with Crippen molar-refractivity contribution in [2.75, 3.05) is 6.61 Å². The quantitative estimate of drug-likeness (QED) is 0.587. The van der Waals surface area contributed by atoms with E-state index in [2.05, 4.69) is 0 Å². The third kappa shape index (κ3) is 3.31. The van der Waals surface area contributed by atoms with Gasteiger partial charge in [-0.25, -0.2) is 13.6 Å². The van der Waals surface area contributed by atoms with Crippen molar-refractivity contribution in [3.63, 3.8) is 0 Å². The zero-order valence-corrected chi connectivity index (χ0v) is 10.6. The first-order valence-corrected chi connectivity index (χ1v) is 6.66. The Hall–Kier alpha value is -1.86. The maximum atomic E-state index is 11.4. The van der Waals surface area contributed by atoms with E-state index >= 15 is 0 Å². The van der Waals surface area contributed by atoms with Crippen LogP contribution >= 0.6 is 0 Å². The zero-order valence-electron chi connectivity index (χ0n) is 9.79. The van der Waals surface area contributed by atoms with Crippen molar-refractivity contribution in [2.24, 2.45) is 10.9 Å². The first kappa shape index (κ1) is 14.2. The van der Waals surface area contributed by atoms with Gasteiger partial charge in [-0.3, -0.25) is 4.79 Å². The van der Waals surface area contributed by atoms with Crippen LogP contribution in [0, 0.1) is 0 Å². The van der Waals surface area contributed by atoms with E-state index in [1.807, 2.05) is 0 Å². The molecule has 0 aliphatic heterocycles. The highest BCUT2D eigenvalue weighted by atomic mass is 32.2. The summed E-state index contributed by atoms with van der Waals surface area (Å²) in [6.07, 6.45) is 1.13. The molecule has 0 radical (unpaired) electrons. The van der Waals surface area contributed by atoms with Gasteiger partial charge in [0.15, 0.2) is 0 Å². The predicted octanol–water partition coefficient (Wildman–Crippen LogP) is 0.197. The van der Waals surface area contributed by atoms with Crippen LogP contribution in [0.5, 0.6) is 0 Å². The van der Waals surface area contributed by atoms with E-state index in [9.17, 15) is 13.2 Å². The van der Waals surface area contributed by atoms with Crippen molar-refractivity contribution in [2.45, 2.75) is 11.8 Å². The number of sulfonamides is 1. The molecule has 0 saturated carbocycles. The molecule has 4 N–H and O–H groups in total. The number of nitrogens with two attached hydrogens (primary N) is 2. The number of amides is 1. The molecule has 0 bridgehead atoms. The van der Waals surface area contributed by atoms with E-state index in [-0.39, 0.29) is 16.0 Å². The Balaban J connectivity index is 3.43. The summed E-state index contributed by atoms with van der Waals surface area (Å²) in [6, 6.07) is 5.82. The van der Waals surface area contributed by atoms with Crippen molar-refractivity contribution in [3.05, 3.63) is 36.1 Å². The minimum Gasteiger partial charge on any atom is -0.501 e. The number of hydrogen-bond acceptors (Lipinski definition) is 4.